The normalized spacial score (nSPS) is 14.1. The number of fused-ring (bicyclic) bond motifs is 1. The lowest BCUT2D eigenvalue weighted by Crippen LogP contribution is -2.24. The number of carbonyl (C=O) groups excluding carboxylic acids is 1. The summed E-state index contributed by atoms with van der Waals surface area (Å²) in [5.74, 6) is 1.58. The van der Waals surface area contributed by atoms with Crippen molar-refractivity contribution >= 4 is 33.3 Å². The van der Waals surface area contributed by atoms with Crippen LogP contribution in [0.25, 0.3) is 10.2 Å². The van der Waals surface area contributed by atoms with E-state index in [1.54, 1.807) is 18.4 Å². The predicted octanol–water partition coefficient (Wildman–Crippen LogP) is 3.62. The second-order valence-electron chi connectivity index (χ2n) is 6.94. The molecule has 3 rings (SSSR count). The Morgan fingerprint density at radius 3 is 2.72 bits per heavy atom. The molecule has 1 amide bonds. The maximum absolute atomic E-state index is 11.8. The van der Waals surface area contributed by atoms with Crippen LogP contribution in [-0.2, 0) is 17.6 Å². The topological polar surface area (TPSA) is 58.1 Å². The van der Waals surface area contributed by atoms with E-state index in [-0.39, 0.29) is 12.3 Å². The minimum Gasteiger partial charge on any atom is -0.359 e. The molecule has 2 aromatic heterocycles. The number of aromatic nitrogens is 2. The molecule has 0 unspecified atom stereocenters. The van der Waals surface area contributed by atoms with E-state index in [0.717, 1.165) is 17.1 Å². The first kappa shape index (κ1) is 18.1. The smallest absolute Gasteiger partial charge is 0.227 e. The molecule has 1 aliphatic rings. The van der Waals surface area contributed by atoms with Crippen molar-refractivity contribution < 1.29 is 4.79 Å². The highest BCUT2D eigenvalue weighted by Gasteiger charge is 2.30. The van der Waals surface area contributed by atoms with Crippen molar-refractivity contribution in [3.8, 4) is 0 Å². The number of amides is 1. The molecule has 5 nitrogen and oxygen atoms in total. The Labute approximate surface area is 153 Å². The van der Waals surface area contributed by atoms with E-state index >= 15 is 0 Å². The van der Waals surface area contributed by atoms with Gasteiger partial charge < -0.3 is 10.2 Å². The SMILES string of the molecule is CCCCCc1sc2nc(CC(=O)NC)nc(N(C)C3CC3)c2c1C. The Balaban J connectivity index is 2.02. The van der Waals surface area contributed by atoms with Gasteiger partial charge in [0.25, 0.3) is 0 Å². The molecule has 0 aliphatic heterocycles. The minimum atomic E-state index is -0.0455. The van der Waals surface area contributed by atoms with Crippen LogP contribution >= 0.6 is 11.3 Å². The summed E-state index contributed by atoms with van der Waals surface area (Å²) >= 11 is 1.78. The van der Waals surface area contributed by atoms with Crippen LogP contribution in [0.1, 0.15) is 55.3 Å². The first-order valence-electron chi connectivity index (χ1n) is 9.27. The van der Waals surface area contributed by atoms with Crippen LogP contribution in [0.3, 0.4) is 0 Å². The van der Waals surface area contributed by atoms with Gasteiger partial charge in [0.1, 0.15) is 16.5 Å². The monoisotopic (exact) mass is 360 g/mol. The molecule has 0 saturated heterocycles. The number of carbonyl (C=O) groups is 1. The molecular weight excluding hydrogens is 332 g/mol. The van der Waals surface area contributed by atoms with Crippen LogP contribution in [-0.4, -0.2) is 36.0 Å². The van der Waals surface area contributed by atoms with Gasteiger partial charge >= 0.3 is 0 Å². The predicted molar refractivity (Wildman–Crippen MR) is 105 cm³/mol. The highest BCUT2D eigenvalue weighted by Crippen LogP contribution is 2.39. The number of likely N-dealkylation sites (N-methyl/N-ethyl adjacent to an activating group) is 1. The molecule has 0 radical (unpaired) electrons. The van der Waals surface area contributed by atoms with E-state index in [4.69, 9.17) is 9.97 Å². The third-order valence-corrected chi connectivity index (χ3v) is 6.20. The van der Waals surface area contributed by atoms with Crippen molar-refractivity contribution in [2.75, 3.05) is 19.0 Å². The van der Waals surface area contributed by atoms with E-state index in [9.17, 15) is 4.79 Å². The van der Waals surface area contributed by atoms with E-state index in [1.807, 2.05) is 0 Å². The number of unbranched alkanes of at least 4 members (excludes halogenated alkanes) is 2. The summed E-state index contributed by atoms with van der Waals surface area (Å²) in [5.41, 5.74) is 1.32. The van der Waals surface area contributed by atoms with E-state index in [2.05, 4.69) is 31.1 Å². The quantitative estimate of drug-likeness (QED) is 0.731. The summed E-state index contributed by atoms with van der Waals surface area (Å²) in [6.45, 7) is 4.43. The molecule has 1 saturated carbocycles. The molecule has 0 aromatic carbocycles. The first-order chi connectivity index (χ1) is 12.0. The maximum Gasteiger partial charge on any atom is 0.227 e. The summed E-state index contributed by atoms with van der Waals surface area (Å²) in [6.07, 6.45) is 7.50. The van der Waals surface area contributed by atoms with E-state index < -0.39 is 0 Å². The van der Waals surface area contributed by atoms with E-state index in [0.29, 0.717) is 11.9 Å². The number of thiophene rings is 1. The van der Waals surface area contributed by atoms with Crippen molar-refractivity contribution in [2.24, 2.45) is 0 Å². The Hall–Kier alpha value is -1.69. The van der Waals surface area contributed by atoms with Gasteiger partial charge in [-0.15, -0.1) is 11.3 Å². The molecule has 2 aromatic rings. The van der Waals surface area contributed by atoms with Crippen LogP contribution in [0.4, 0.5) is 5.82 Å². The summed E-state index contributed by atoms with van der Waals surface area (Å²) in [7, 11) is 3.77. The van der Waals surface area contributed by atoms with Crippen LogP contribution in [0, 0.1) is 6.92 Å². The Morgan fingerprint density at radius 2 is 2.08 bits per heavy atom. The Bertz CT molecular complexity index is 766. The largest absolute Gasteiger partial charge is 0.359 e. The lowest BCUT2D eigenvalue weighted by molar-refractivity contribution is -0.120. The van der Waals surface area contributed by atoms with E-state index in [1.165, 1.54) is 47.9 Å². The Morgan fingerprint density at radius 1 is 1.32 bits per heavy atom. The van der Waals surface area contributed by atoms with Gasteiger partial charge in [-0.2, -0.15) is 0 Å². The standard InChI is InChI=1S/C19H28N4OS/c1-5-6-7-8-14-12(2)17-18(23(4)13-9-10-13)21-15(11-16(24)20-3)22-19(17)25-14/h13H,5-11H2,1-4H3,(H,20,24). The molecule has 1 N–H and O–H groups in total. The molecule has 0 bridgehead atoms. The zero-order valence-electron chi connectivity index (χ0n) is 15.7. The lowest BCUT2D eigenvalue weighted by Gasteiger charge is -2.19. The fraction of sp³-hybridized carbons (Fsp3) is 0.632. The second kappa shape index (κ2) is 7.68. The van der Waals surface area contributed by atoms with Gasteiger partial charge in [-0.3, -0.25) is 4.79 Å². The fourth-order valence-electron chi connectivity index (χ4n) is 3.18. The van der Waals surface area contributed by atoms with Gasteiger partial charge in [-0.25, -0.2) is 9.97 Å². The van der Waals surface area contributed by atoms with Crippen LogP contribution in [0.5, 0.6) is 0 Å². The highest BCUT2D eigenvalue weighted by molar-refractivity contribution is 7.18. The third kappa shape index (κ3) is 3.94. The van der Waals surface area contributed by atoms with Crippen LogP contribution in [0.15, 0.2) is 0 Å². The lowest BCUT2D eigenvalue weighted by atomic mass is 10.1. The van der Waals surface area contributed by atoms with Gasteiger partial charge in [0.2, 0.25) is 5.91 Å². The number of aryl methyl sites for hydroxylation is 2. The number of hydrogen-bond donors (Lipinski definition) is 1. The summed E-state index contributed by atoms with van der Waals surface area (Å²) in [6, 6.07) is 0.578. The number of hydrogen-bond acceptors (Lipinski definition) is 5. The van der Waals surface area contributed by atoms with Crippen molar-refractivity contribution in [3.63, 3.8) is 0 Å². The molecule has 1 aliphatic carbocycles. The van der Waals surface area contributed by atoms with Crippen molar-refractivity contribution in [1.82, 2.24) is 15.3 Å². The van der Waals surface area contributed by atoms with Crippen LogP contribution < -0.4 is 10.2 Å². The number of nitrogens with one attached hydrogen (secondary N) is 1. The summed E-state index contributed by atoms with van der Waals surface area (Å²) in [5, 5.41) is 3.85. The average molecular weight is 361 g/mol. The fourth-order valence-corrected chi connectivity index (χ4v) is 4.41. The minimum absolute atomic E-state index is 0.0455. The van der Waals surface area contributed by atoms with Crippen molar-refractivity contribution in [1.29, 1.82) is 0 Å². The van der Waals surface area contributed by atoms with Gasteiger partial charge in [0, 0.05) is 25.0 Å². The molecule has 25 heavy (non-hydrogen) atoms. The Kier molecular flexibility index (Phi) is 5.57. The number of anilines is 1. The van der Waals surface area contributed by atoms with Crippen molar-refractivity contribution in [3.05, 3.63) is 16.3 Å². The van der Waals surface area contributed by atoms with Gasteiger partial charge in [0.15, 0.2) is 0 Å². The second-order valence-corrected chi connectivity index (χ2v) is 8.03. The van der Waals surface area contributed by atoms with Gasteiger partial charge in [-0.1, -0.05) is 19.8 Å². The van der Waals surface area contributed by atoms with Gasteiger partial charge in [0.05, 0.1) is 11.8 Å². The highest BCUT2D eigenvalue weighted by atomic mass is 32.1. The third-order valence-electron chi connectivity index (χ3n) is 4.95. The zero-order valence-corrected chi connectivity index (χ0v) is 16.5. The average Bonchev–Trinajstić information content (AvgIpc) is 3.40. The molecular formula is C19H28N4OS. The molecule has 1 fully saturated rings. The molecule has 0 spiro atoms. The molecule has 136 valence electrons. The number of rotatable bonds is 8. The molecule has 6 heteroatoms. The first-order valence-corrected chi connectivity index (χ1v) is 10.1. The number of nitrogens with zero attached hydrogens (tertiary/aromatic N) is 3. The summed E-state index contributed by atoms with van der Waals surface area (Å²) in [4.78, 5) is 26.0. The molecule has 0 atom stereocenters. The molecule has 2 heterocycles. The van der Waals surface area contributed by atoms with Crippen LogP contribution in [0.2, 0.25) is 0 Å². The zero-order chi connectivity index (χ0) is 18.0. The van der Waals surface area contributed by atoms with Crippen molar-refractivity contribution in [2.45, 2.75) is 64.8 Å². The van der Waals surface area contributed by atoms with Gasteiger partial charge in [-0.05, 0) is 38.2 Å². The maximum atomic E-state index is 11.8. The summed E-state index contributed by atoms with van der Waals surface area (Å²) < 4.78 is 0.